The first-order chi connectivity index (χ1) is 20.7. The van der Waals surface area contributed by atoms with Crippen LogP contribution in [0.3, 0.4) is 0 Å². The highest BCUT2D eigenvalue weighted by Crippen LogP contribution is 2.31. The quantitative estimate of drug-likeness (QED) is 0.0829. The minimum atomic E-state index is -2.04. The van der Waals surface area contributed by atoms with Gasteiger partial charge in [-0.2, -0.15) is 0 Å². The maximum absolute atomic E-state index is 15.0. The van der Waals surface area contributed by atoms with Crippen LogP contribution in [0, 0.1) is 0 Å². The number of carbonyl (C=O) groups excluding carboxylic acids is 1. The average Bonchev–Trinajstić information content (AvgIpc) is 3.00. The summed E-state index contributed by atoms with van der Waals surface area (Å²) in [6, 6.07) is 13.8. The van der Waals surface area contributed by atoms with E-state index in [-0.39, 0.29) is 12.2 Å². The molecule has 4 unspecified atom stereocenters. The number of esters is 1. The van der Waals surface area contributed by atoms with Gasteiger partial charge in [0.1, 0.15) is 23.8 Å². The Morgan fingerprint density at radius 3 is 2.12 bits per heavy atom. The lowest BCUT2D eigenvalue weighted by Gasteiger charge is -2.24. The average molecular weight is 599 g/mol. The molecule has 3 aromatic rings. The van der Waals surface area contributed by atoms with Gasteiger partial charge in [-0.15, -0.1) is 0 Å². The van der Waals surface area contributed by atoms with Gasteiger partial charge in [-0.05, 0) is 62.9 Å². The second-order valence-electron chi connectivity index (χ2n) is 11.3. The van der Waals surface area contributed by atoms with Crippen LogP contribution in [0.1, 0.15) is 91.9 Å². The summed E-state index contributed by atoms with van der Waals surface area (Å²) >= 11 is 0. The van der Waals surface area contributed by atoms with Crippen molar-refractivity contribution in [2.24, 2.45) is 0 Å². The van der Waals surface area contributed by atoms with E-state index in [1.807, 2.05) is 6.92 Å². The highest BCUT2D eigenvalue weighted by molar-refractivity contribution is 5.81. The fourth-order valence-corrected chi connectivity index (χ4v) is 4.84. The van der Waals surface area contributed by atoms with Crippen LogP contribution in [0.2, 0.25) is 0 Å². The number of aromatic nitrogens is 2. The highest BCUT2D eigenvalue weighted by atomic mass is 19.2. The van der Waals surface area contributed by atoms with Crippen molar-refractivity contribution in [2.75, 3.05) is 0 Å². The third kappa shape index (κ3) is 10.4. The predicted octanol–water partition coefficient (Wildman–Crippen LogP) is 9.83. The molecular formula is C35H45F3N2O3. The Bertz CT molecular complexity index is 1250. The van der Waals surface area contributed by atoms with Crippen molar-refractivity contribution in [3.8, 4) is 34.0 Å². The van der Waals surface area contributed by atoms with Crippen LogP contribution in [-0.2, 0) is 4.79 Å². The second-order valence-corrected chi connectivity index (χ2v) is 11.3. The van der Waals surface area contributed by atoms with E-state index in [2.05, 4.69) is 16.9 Å². The number of para-hydroxylation sites is 1. The van der Waals surface area contributed by atoms with Crippen molar-refractivity contribution in [1.29, 1.82) is 0 Å². The Morgan fingerprint density at radius 2 is 1.49 bits per heavy atom. The summed E-state index contributed by atoms with van der Waals surface area (Å²) in [5.74, 6) is 0.138. The lowest BCUT2D eigenvalue weighted by molar-refractivity contribution is -0.147. The van der Waals surface area contributed by atoms with Crippen molar-refractivity contribution in [1.82, 2.24) is 9.97 Å². The number of carbonyl (C=O) groups is 1. The summed E-state index contributed by atoms with van der Waals surface area (Å²) in [7, 11) is 0. The predicted molar refractivity (Wildman–Crippen MR) is 165 cm³/mol. The first-order valence-corrected chi connectivity index (χ1v) is 15.5. The number of alkyl halides is 3. The minimum Gasteiger partial charge on any atom is -0.487 e. The number of hydrogen-bond acceptors (Lipinski definition) is 5. The highest BCUT2D eigenvalue weighted by Gasteiger charge is 2.34. The third-order valence-electron chi connectivity index (χ3n) is 7.50. The van der Waals surface area contributed by atoms with Crippen LogP contribution < -0.4 is 9.47 Å². The molecule has 0 spiro atoms. The van der Waals surface area contributed by atoms with Crippen molar-refractivity contribution in [3.63, 3.8) is 0 Å². The van der Waals surface area contributed by atoms with E-state index >= 15 is 0 Å². The fraction of sp³-hybridized carbons (Fsp3) is 0.514. The SMILES string of the molecule is CCCCCCCCCC(C)(F)C(=O)Oc1ccc(-c2cnc(-c3ccccc3OC(CCC)C(F)C(C)F)nc2)cc1. The van der Waals surface area contributed by atoms with E-state index in [4.69, 9.17) is 9.47 Å². The van der Waals surface area contributed by atoms with Crippen molar-refractivity contribution >= 4 is 5.97 Å². The summed E-state index contributed by atoms with van der Waals surface area (Å²) in [5, 5.41) is 0. The van der Waals surface area contributed by atoms with E-state index in [0.717, 1.165) is 24.8 Å². The zero-order valence-corrected chi connectivity index (χ0v) is 25.8. The van der Waals surface area contributed by atoms with Gasteiger partial charge in [0.25, 0.3) is 0 Å². The molecule has 0 aliphatic heterocycles. The van der Waals surface area contributed by atoms with Gasteiger partial charge in [-0.1, -0.05) is 83.1 Å². The van der Waals surface area contributed by atoms with E-state index in [0.29, 0.717) is 42.0 Å². The molecular weight excluding hydrogens is 553 g/mol. The van der Waals surface area contributed by atoms with E-state index in [1.54, 1.807) is 60.9 Å². The zero-order chi connectivity index (χ0) is 31.2. The lowest BCUT2D eigenvalue weighted by Crippen LogP contribution is -2.34. The van der Waals surface area contributed by atoms with Gasteiger partial charge in [0.05, 0.1) is 5.56 Å². The van der Waals surface area contributed by atoms with Crippen molar-refractivity contribution in [3.05, 3.63) is 60.9 Å². The molecule has 5 nitrogen and oxygen atoms in total. The molecule has 2 aromatic carbocycles. The normalized spacial score (nSPS) is 14.9. The molecule has 0 bridgehead atoms. The van der Waals surface area contributed by atoms with E-state index in [9.17, 15) is 18.0 Å². The van der Waals surface area contributed by atoms with Gasteiger partial charge in [0.15, 0.2) is 12.0 Å². The number of nitrogens with zero attached hydrogens (tertiary/aromatic N) is 2. The van der Waals surface area contributed by atoms with Crippen LogP contribution in [0.4, 0.5) is 13.2 Å². The summed E-state index contributed by atoms with van der Waals surface area (Å²) < 4.78 is 54.5. The molecule has 1 aromatic heterocycles. The smallest absolute Gasteiger partial charge is 0.348 e. The lowest BCUT2D eigenvalue weighted by atomic mass is 9.99. The molecule has 3 rings (SSSR count). The van der Waals surface area contributed by atoms with Gasteiger partial charge in [0, 0.05) is 18.0 Å². The van der Waals surface area contributed by atoms with Gasteiger partial charge in [-0.25, -0.2) is 27.9 Å². The maximum Gasteiger partial charge on any atom is 0.348 e. The van der Waals surface area contributed by atoms with Crippen molar-refractivity contribution < 1.29 is 27.4 Å². The molecule has 0 saturated carbocycles. The topological polar surface area (TPSA) is 61.3 Å². The molecule has 0 saturated heterocycles. The molecule has 1 heterocycles. The summed E-state index contributed by atoms with van der Waals surface area (Å²) in [6.45, 7) is 6.54. The summed E-state index contributed by atoms with van der Waals surface area (Å²) in [6.07, 6.45) is 7.48. The molecule has 234 valence electrons. The Hall–Kier alpha value is -3.42. The molecule has 0 amide bonds. The number of benzene rings is 2. The number of rotatable bonds is 18. The van der Waals surface area contributed by atoms with Crippen LogP contribution in [-0.4, -0.2) is 40.1 Å². The second kappa shape index (κ2) is 17.0. The van der Waals surface area contributed by atoms with E-state index in [1.165, 1.54) is 33.1 Å². The van der Waals surface area contributed by atoms with Crippen LogP contribution in [0.15, 0.2) is 60.9 Å². The van der Waals surface area contributed by atoms with Crippen LogP contribution >= 0.6 is 0 Å². The number of unbranched alkanes of at least 4 members (excludes halogenated alkanes) is 6. The molecule has 0 radical (unpaired) electrons. The monoisotopic (exact) mass is 598 g/mol. The standard InChI is InChI=1S/C35H45F3N2O3/c1-5-7-8-9-10-11-14-22-35(4,38)34(41)42-28-20-18-26(19-21-28)27-23-39-33(40-24-27)29-16-12-13-17-30(29)43-31(15-6-2)32(37)25(3)36/h12-13,16-21,23-25,31-32H,5-11,14-15,22H2,1-4H3. The number of halogens is 3. The largest absolute Gasteiger partial charge is 0.487 e. The Morgan fingerprint density at radius 1 is 0.860 bits per heavy atom. The van der Waals surface area contributed by atoms with Crippen molar-refractivity contribution in [2.45, 2.75) is 116 Å². The summed E-state index contributed by atoms with van der Waals surface area (Å²) in [5.41, 5.74) is 0.0229. The Labute approximate surface area is 254 Å². The third-order valence-corrected chi connectivity index (χ3v) is 7.50. The van der Waals surface area contributed by atoms with Gasteiger partial charge in [-0.3, -0.25) is 0 Å². The molecule has 8 heteroatoms. The molecule has 0 N–H and O–H groups in total. The first-order valence-electron chi connectivity index (χ1n) is 15.5. The maximum atomic E-state index is 15.0. The fourth-order valence-electron chi connectivity index (χ4n) is 4.84. The minimum absolute atomic E-state index is 0.137. The number of hydrogen-bond donors (Lipinski definition) is 0. The zero-order valence-electron chi connectivity index (χ0n) is 25.8. The van der Waals surface area contributed by atoms with Gasteiger partial charge >= 0.3 is 5.97 Å². The first kappa shape index (κ1) is 34.1. The van der Waals surface area contributed by atoms with E-state index < -0.39 is 30.1 Å². The summed E-state index contributed by atoms with van der Waals surface area (Å²) in [4.78, 5) is 21.5. The molecule has 0 aliphatic carbocycles. The molecule has 0 aliphatic rings. The Kier molecular flexibility index (Phi) is 13.5. The van der Waals surface area contributed by atoms with Crippen LogP contribution in [0.25, 0.3) is 22.5 Å². The van der Waals surface area contributed by atoms with Gasteiger partial charge in [0.2, 0.25) is 5.67 Å². The Balaban J connectivity index is 1.61. The van der Waals surface area contributed by atoms with Gasteiger partial charge < -0.3 is 9.47 Å². The molecule has 0 fully saturated rings. The van der Waals surface area contributed by atoms with Crippen LogP contribution in [0.5, 0.6) is 11.5 Å². The number of ether oxygens (including phenoxy) is 2. The molecule has 43 heavy (non-hydrogen) atoms. The molecule has 4 atom stereocenters.